The average Bonchev–Trinajstić information content (AvgIpc) is 3.08. The largest absolute Gasteiger partial charge is 0.441 e. The molecule has 0 radical (unpaired) electrons. The van der Waals surface area contributed by atoms with Gasteiger partial charge in [-0.2, -0.15) is 0 Å². The van der Waals surface area contributed by atoms with E-state index in [4.69, 9.17) is 14.4 Å². The number of anilines is 2. The monoisotopic (exact) mass is 353 g/mol. The molecule has 1 N–H and O–H groups in total. The number of aromatic nitrogens is 4. The van der Waals surface area contributed by atoms with Crippen LogP contribution in [-0.4, -0.2) is 19.9 Å². The van der Waals surface area contributed by atoms with Crippen molar-refractivity contribution < 1.29 is 4.42 Å². The number of oxazole rings is 1. The van der Waals surface area contributed by atoms with Crippen molar-refractivity contribution in [2.24, 2.45) is 0 Å². The molecule has 6 heteroatoms. The smallest absolute Gasteiger partial charge is 0.192 e. The van der Waals surface area contributed by atoms with Crippen LogP contribution in [0.5, 0.6) is 0 Å². The van der Waals surface area contributed by atoms with Crippen molar-refractivity contribution in [2.45, 2.75) is 6.92 Å². The number of nitrogens with one attached hydrogen (secondary N) is 1. The molecule has 0 saturated heterocycles. The molecular weight excluding hydrogens is 338 g/mol. The maximum atomic E-state index is 5.55. The van der Waals surface area contributed by atoms with Gasteiger partial charge in [-0.25, -0.2) is 15.0 Å². The SMILES string of the molecule is Cc1nc2cc(Nc3nc(-c4ccncc4)nc4ccccc34)ccc2o1. The lowest BCUT2D eigenvalue weighted by Gasteiger charge is -2.11. The molecule has 0 saturated carbocycles. The van der Waals surface area contributed by atoms with Crippen molar-refractivity contribution >= 4 is 33.5 Å². The van der Waals surface area contributed by atoms with Gasteiger partial charge in [0.2, 0.25) is 0 Å². The fourth-order valence-corrected chi connectivity index (χ4v) is 3.06. The first-order chi connectivity index (χ1) is 13.3. The summed E-state index contributed by atoms with van der Waals surface area (Å²) in [5, 5.41) is 4.36. The lowest BCUT2D eigenvalue weighted by molar-refractivity contribution is 0.561. The highest BCUT2D eigenvalue weighted by molar-refractivity contribution is 5.93. The Balaban J connectivity index is 1.64. The van der Waals surface area contributed by atoms with E-state index < -0.39 is 0 Å². The zero-order valence-corrected chi connectivity index (χ0v) is 14.5. The number of hydrogen-bond acceptors (Lipinski definition) is 6. The Hall–Kier alpha value is -3.80. The molecule has 0 atom stereocenters. The number of aryl methyl sites for hydroxylation is 1. The highest BCUT2D eigenvalue weighted by atomic mass is 16.3. The van der Waals surface area contributed by atoms with Crippen molar-refractivity contribution in [3.8, 4) is 11.4 Å². The Morgan fingerprint density at radius 2 is 1.70 bits per heavy atom. The molecule has 5 aromatic rings. The van der Waals surface area contributed by atoms with E-state index in [1.165, 1.54) is 0 Å². The lowest BCUT2D eigenvalue weighted by Crippen LogP contribution is -1.99. The van der Waals surface area contributed by atoms with E-state index in [-0.39, 0.29) is 0 Å². The summed E-state index contributed by atoms with van der Waals surface area (Å²) in [6.07, 6.45) is 3.48. The van der Waals surface area contributed by atoms with E-state index in [0.29, 0.717) is 11.7 Å². The van der Waals surface area contributed by atoms with Crippen LogP contribution in [0.3, 0.4) is 0 Å². The summed E-state index contributed by atoms with van der Waals surface area (Å²) in [5.41, 5.74) is 4.26. The van der Waals surface area contributed by atoms with Gasteiger partial charge >= 0.3 is 0 Å². The summed E-state index contributed by atoms with van der Waals surface area (Å²) >= 11 is 0. The Morgan fingerprint density at radius 1 is 0.852 bits per heavy atom. The second-order valence-corrected chi connectivity index (χ2v) is 6.19. The number of pyridine rings is 1. The van der Waals surface area contributed by atoms with Gasteiger partial charge in [-0.3, -0.25) is 4.98 Å². The fraction of sp³-hybridized carbons (Fsp3) is 0.0476. The van der Waals surface area contributed by atoms with Gasteiger partial charge < -0.3 is 9.73 Å². The lowest BCUT2D eigenvalue weighted by atomic mass is 10.2. The topological polar surface area (TPSA) is 76.7 Å². The Morgan fingerprint density at radius 3 is 2.59 bits per heavy atom. The molecular formula is C21H15N5O. The van der Waals surface area contributed by atoms with Gasteiger partial charge in [0.15, 0.2) is 17.3 Å². The molecule has 2 aromatic carbocycles. The van der Waals surface area contributed by atoms with Crippen LogP contribution in [0.2, 0.25) is 0 Å². The van der Waals surface area contributed by atoms with Gasteiger partial charge in [0.25, 0.3) is 0 Å². The molecule has 3 heterocycles. The van der Waals surface area contributed by atoms with Crippen LogP contribution in [0.4, 0.5) is 11.5 Å². The van der Waals surface area contributed by atoms with Crippen molar-refractivity contribution in [1.82, 2.24) is 19.9 Å². The highest BCUT2D eigenvalue weighted by Gasteiger charge is 2.10. The predicted octanol–water partition coefficient (Wildman–Crippen LogP) is 4.89. The van der Waals surface area contributed by atoms with Crippen LogP contribution in [-0.2, 0) is 0 Å². The third-order valence-corrected chi connectivity index (χ3v) is 4.30. The summed E-state index contributed by atoms with van der Waals surface area (Å²) in [5.74, 6) is 2.04. The number of rotatable bonds is 3. The van der Waals surface area contributed by atoms with E-state index in [2.05, 4.69) is 15.3 Å². The summed E-state index contributed by atoms with van der Waals surface area (Å²) in [4.78, 5) is 17.9. The fourth-order valence-electron chi connectivity index (χ4n) is 3.06. The summed E-state index contributed by atoms with van der Waals surface area (Å²) in [7, 11) is 0. The zero-order valence-electron chi connectivity index (χ0n) is 14.5. The highest BCUT2D eigenvalue weighted by Crippen LogP contribution is 2.28. The quantitative estimate of drug-likeness (QED) is 0.498. The van der Waals surface area contributed by atoms with Gasteiger partial charge in [0, 0.05) is 36.0 Å². The number of fused-ring (bicyclic) bond motifs is 2. The van der Waals surface area contributed by atoms with E-state index in [9.17, 15) is 0 Å². The molecule has 6 nitrogen and oxygen atoms in total. The number of benzene rings is 2. The molecule has 0 fully saturated rings. The number of para-hydroxylation sites is 1. The Labute approximate surface area is 154 Å². The molecule has 0 spiro atoms. The normalized spacial score (nSPS) is 11.1. The summed E-state index contributed by atoms with van der Waals surface area (Å²) < 4.78 is 5.55. The minimum atomic E-state index is 0.648. The van der Waals surface area contributed by atoms with Gasteiger partial charge in [0.1, 0.15) is 11.3 Å². The van der Waals surface area contributed by atoms with E-state index in [1.54, 1.807) is 12.4 Å². The maximum absolute atomic E-state index is 5.55. The first-order valence-electron chi connectivity index (χ1n) is 8.58. The third kappa shape index (κ3) is 2.87. The van der Waals surface area contributed by atoms with Crippen molar-refractivity contribution in [2.75, 3.05) is 5.32 Å². The number of nitrogens with zero attached hydrogens (tertiary/aromatic N) is 4. The maximum Gasteiger partial charge on any atom is 0.192 e. The van der Waals surface area contributed by atoms with Crippen molar-refractivity contribution in [3.05, 3.63) is 72.9 Å². The second kappa shape index (κ2) is 6.17. The molecule has 27 heavy (non-hydrogen) atoms. The average molecular weight is 353 g/mol. The second-order valence-electron chi connectivity index (χ2n) is 6.19. The molecule has 5 rings (SSSR count). The zero-order chi connectivity index (χ0) is 18.2. The molecule has 0 aliphatic heterocycles. The van der Waals surface area contributed by atoms with Crippen LogP contribution in [0, 0.1) is 6.92 Å². The summed E-state index contributed by atoms with van der Waals surface area (Å²) in [6, 6.07) is 17.6. The first-order valence-corrected chi connectivity index (χ1v) is 8.58. The molecule has 0 bridgehead atoms. The standard InChI is InChI=1S/C21H15N5O/c1-13-23-18-12-15(6-7-19(18)27-13)24-21-16-4-2-3-5-17(16)25-20(26-21)14-8-10-22-11-9-14/h2-12H,1H3,(H,24,25,26). The Kier molecular flexibility index (Phi) is 3.53. The molecule has 3 aromatic heterocycles. The van der Waals surface area contributed by atoms with Gasteiger partial charge in [0.05, 0.1) is 5.52 Å². The van der Waals surface area contributed by atoms with Crippen LogP contribution in [0.25, 0.3) is 33.4 Å². The summed E-state index contributed by atoms with van der Waals surface area (Å²) in [6.45, 7) is 1.84. The van der Waals surface area contributed by atoms with Crippen molar-refractivity contribution in [3.63, 3.8) is 0 Å². The minimum Gasteiger partial charge on any atom is -0.441 e. The van der Waals surface area contributed by atoms with Gasteiger partial charge in [-0.15, -0.1) is 0 Å². The molecule has 0 unspecified atom stereocenters. The third-order valence-electron chi connectivity index (χ3n) is 4.30. The van der Waals surface area contributed by atoms with E-state index >= 15 is 0 Å². The number of hydrogen-bond donors (Lipinski definition) is 1. The minimum absolute atomic E-state index is 0.648. The van der Waals surface area contributed by atoms with Crippen LogP contribution in [0.1, 0.15) is 5.89 Å². The van der Waals surface area contributed by atoms with Gasteiger partial charge in [-0.1, -0.05) is 12.1 Å². The van der Waals surface area contributed by atoms with E-state index in [1.807, 2.05) is 61.5 Å². The first kappa shape index (κ1) is 15.5. The molecule has 0 aliphatic carbocycles. The predicted molar refractivity (Wildman–Crippen MR) is 105 cm³/mol. The van der Waals surface area contributed by atoms with Gasteiger partial charge in [-0.05, 0) is 42.5 Å². The molecule has 0 aliphatic rings. The molecule has 130 valence electrons. The van der Waals surface area contributed by atoms with Crippen LogP contribution < -0.4 is 5.32 Å². The van der Waals surface area contributed by atoms with Crippen LogP contribution in [0.15, 0.2) is 71.4 Å². The van der Waals surface area contributed by atoms with Crippen LogP contribution >= 0.6 is 0 Å². The van der Waals surface area contributed by atoms with E-state index in [0.717, 1.165) is 39.1 Å². The van der Waals surface area contributed by atoms with Crippen molar-refractivity contribution in [1.29, 1.82) is 0 Å². The Bertz CT molecular complexity index is 1260. The molecule has 0 amide bonds.